The summed E-state index contributed by atoms with van der Waals surface area (Å²) in [5.41, 5.74) is 4.49. The van der Waals surface area contributed by atoms with Gasteiger partial charge in [-0.3, -0.25) is 0 Å². The number of nitrogens with one attached hydrogen (secondary N) is 1. The molecule has 18 heavy (non-hydrogen) atoms. The molecule has 0 saturated carbocycles. The standard InChI is InChI=1S/C15H15Cl2N/c1-10-3-5-12(7-14(10)17)9-18-15-8-13(16)6-4-11(15)2/h3-8,18H,9H2,1-2H3. The lowest BCUT2D eigenvalue weighted by molar-refractivity contribution is 1.14. The Hall–Kier alpha value is -1.18. The number of benzene rings is 2. The molecule has 0 saturated heterocycles. The maximum Gasteiger partial charge on any atom is 0.0438 e. The lowest BCUT2D eigenvalue weighted by Crippen LogP contribution is -2.01. The van der Waals surface area contributed by atoms with E-state index in [9.17, 15) is 0 Å². The second-order valence-electron chi connectivity index (χ2n) is 4.40. The fourth-order valence-corrected chi connectivity index (χ4v) is 2.10. The van der Waals surface area contributed by atoms with E-state index < -0.39 is 0 Å². The lowest BCUT2D eigenvalue weighted by atomic mass is 10.1. The number of rotatable bonds is 3. The van der Waals surface area contributed by atoms with E-state index in [1.807, 2.05) is 37.3 Å². The minimum atomic E-state index is 0.737. The molecule has 0 aliphatic heterocycles. The quantitative estimate of drug-likeness (QED) is 0.812. The first-order valence-corrected chi connectivity index (χ1v) is 6.57. The van der Waals surface area contributed by atoms with Gasteiger partial charge in [0.1, 0.15) is 0 Å². The van der Waals surface area contributed by atoms with Gasteiger partial charge in [-0.2, -0.15) is 0 Å². The second kappa shape index (κ2) is 5.64. The molecule has 0 heterocycles. The Bertz CT molecular complexity index is 564. The molecule has 0 spiro atoms. The fourth-order valence-electron chi connectivity index (χ4n) is 1.73. The molecule has 1 nitrogen and oxygen atoms in total. The first kappa shape index (κ1) is 13.3. The van der Waals surface area contributed by atoms with Crippen molar-refractivity contribution in [3.8, 4) is 0 Å². The highest BCUT2D eigenvalue weighted by Gasteiger charge is 2.01. The van der Waals surface area contributed by atoms with Gasteiger partial charge in [0.15, 0.2) is 0 Å². The zero-order chi connectivity index (χ0) is 13.1. The monoisotopic (exact) mass is 279 g/mol. The van der Waals surface area contributed by atoms with Gasteiger partial charge >= 0.3 is 0 Å². The Balaban J connectivity index is 2.11. The van der Waals surface area contributed by atoms with Crippen molar-refractivity contribution in [2.45, 2.75) is 20.4 Å². The van der Waals surface area contributed by atoms with Crippen molar-refractivity contribution < 1.29 is 0 Å². The first-order chi connectivity index (χ1) is 8.56. The lowest BCUT2D eigenvalue weighted by Gasteiger charge is -2.10. The average molecular weight is 280 g/mol. The van der Waals surface area contributed by atoms with E-state index in [1.165, 1.54) is 5.56 Å². The van der Waals surface area contributed by atoms with Crippen molar-refractivity contribution in [2.75, 3.05) is 5.32 Å². The van der Waals surface area contributed by atoms with E-state index in [0.29, 0.717) is 0 Å². The van der Waals surface area contributed by atoms with Crippen LogP contribution < -0.4 is 5.32 Å². The van der Waals surface area contributed by atoms with Crippen molar-refractivity contribution in [1.29, 1.82) is 0 Å². The molecule has 0 unspecified atom stereocenters. The summed E-state index contributed by atoms with van der Waals surface area (Å²) in [6.45, 7) is 4.79. The zero-order valence-corrected chi connectivity index (χ0v) is 11.9. The van der Waals surface area contributed by atoms with E-state index in [2.05, 4.69) is 18.3 Å². The van der Waals surface area contributed by atoms with Crippen molar-refractivity contribution in [1.82, 2.24) is 0 Å². The van der Waals surface area contributed by atoms with Crippen LogP contribution in [-0.4, -0.2) is 0 Å². The molecule has 0 aliphatic carbocycles. The molecular weight excluding hydrogens is 265 g/mol. The molecular formula is C15H15Cl2N. The van der Waals surface area contributed by atoms with Crippen LogP contribution in [0, 0.1) is 13.8 Å². The van der Waals surface area contributed by atoms with Gasteiger partial charge in [0.2, 0.25) is 0 Å². The van der Waals surface area contributed by atoms with E-state index in [-0.39, 0.29) is 0 Å². The number of anilines is 1. The zero-order valence-electron chi connectivity index (χ0n) is 10.4. The molecule has 0 aromatic heterocycles. The van der Waals surface area contributed by atoms with Crippen LogP contribution in [-0.2, 0) is 6.54 Å². The van der Waals surface area contributed by atoms with Crippen molar-refractivity contribution in [3.63, 3.8) is 0 Å². The maximum atomic E-state index is 6.10. The Kier molecular flexibility index (Phi) is 4.15. The summed E-state index contributed by atoms with van der Waals surface area (Å²) >= 11 is 12.1. The van der Waals surface area contributed by atoms with Crippen LogP contribution in [0.25, 0.3) is 0 Å². The van der Waals surface area contributed by atoms with Crippen LogP contribution in [0.3, 0.4) is 0 Å². The van der Waals surface area contributed by atoms with Gasteiger partial charge in [-0.05, 0) is 48.7 Å². The van der Waals surface area contributed by atoms with Crippen molar-refractivity contribution in [2.24, 2.45) is 0 Å². The summed E-state index contributed by atoms with van der Waals surface area (Å²) in [6.07, 6.45) is 0. The summed E-state index contributed by atoms with van der Waals surface area (Å²) in [5, 5.41) is 4.92. The molecule has 0 bridgehead atoms. The van der Waals surface area contributed by atoms with Gasteiger partial charge < -0.3 is 5.32 Å². The predicted octanol–water partition coefficient (Wildman–Crippen LogP) is 5.22. The molecule has 3 heteroatoms. The van der Waals surface area contributed by atoms with Gasteiger partial charge in [0.25, 0.3) is 0 Å². The third kappa shape index (κ3) is 3.18. The molecule has 0 radical (unpaired) electrons. The van der Waals surface area contributed by atoms with Crippen LogP contribution in [0.2, 0.25) is 10.0 Å². The topological polar surface area (TPSA) is 12.0 Å². The Labute approximate surface area is 118 Å². The van der Waals surface area contributed by atoms with Crippen LogP contribution in [0.5, 0.6) is 0 Å². The van der Waals surface area contributed by atoms with E-state index >= 15 is 0 Å². The molecule has 2 rings (SSSR count). The highest BCUT2D eigenvalue weighted by atomic mass is 35.5. The predicted molar refractivity (Wildman–Crippen MR) is 79.7 cm³/mol. The minimum absolute atomic E-state index is 0.737. The number of aryl methyl sites for hydroxylation is 2. The second-order valence-corrected chi connectivity index (χ2v) is 5.24. The fraction of sp³-hybridized carbons (Fsp3) is 0.200. The normalized spacial score (nSPS) is 10.4. The Morgan fingerprint density at radius 1 is 0.944 bits per heavy atom. The van der Waals surface area contributed by atoms with Gasteiger partial charge in [-0.1, -0.05) is 41.4 Å². The van der Waals surface area contributed by atoms with Gasteiger partial charge in [-0.25, -0.2) is 0 Å². The summed E-state index contributed by atoms with van der Waals surface area (Å²) in [7, 11) is 0. The van der Waals surface area contributed by atoms with E-state index in [1.54, 1.807) is 0 Å². The highest BCUT2D eigenvalue weighted by molar-refractivity contribution is 6.31. The first-order valence-electron chi connectivity index (χ1n) is 5.81. The van der Waals surface area contributed by atoms with Crippen LogP contribution in [0.15, 0.2) is 36.4 Å². The molecule has 0 fully saturated rings. The maximum absolute atomic E-state index is 6.10. The summed E-state index contributed by atoms with van der Waals surface area (Å²) in [6, 6.07) is 11.9. The summed E-state index contributed by atoms with van der Waals surface area (Å²) in [5.74, 6) is 0. The van der Waals surface area contributed by atoms with Crippen molar-refractivity contribution >= 4 is 28.9 Å². The largest absolute Gasteiger partial charge is 0.381 e. The van der Waals surface area contributed by atoms with E-state index in [0.717, 1.165) is 33.4 Å². The highest BCUT2D eigenvalue weighted by Crippen LogP contribution is 2.22. The molecule has 0 aliphatic rings. The molecule has 1 N–H and O–H groups in total. The third-order valence-corrected chi connectivity index (χ3v) is 3.56. The number of hydrogen-bond donors (Lipinski definition) is 1. The van der Waals surface area contributed by atoms with Gasteiger partial charge in [0, 0.05) is 22.3 Å². The molecule has 0 atom stereocenters. The van der Waals surface area contributed by atoms with E-state index in [4.69, 9.17) is 23.2 Å². The third-order valence-electron chi connectivity index (χ3n) is 2.92. The summed E-state index contributed by atoms with van der Waals surface area (Å²) in [4.78, 5) is 0. The van der Waals surface area contributed by atoms with Crippen LogP contribution >= 0.6 is 23.2 Å². The smallest absolute Gasteiger partial charge is 0.0438 e. The molecule has 94 valence electrons. The van der Waals surface area contributed by atoms with Crippen LogP contribution in [0.4, 0.5) is 5.69 Å². The number of halogens is 2. The minimum Gasteiger partial charge on any atom is -0.381 e. The van der Waals surface area contributed by atoms with Crippen molar-refractivity contribution in [3.05, 3.63) is 63.1 Å². The Morgan fingerprint density at radius 3 is 2.39 bits per heavy atom. The molecule has 2 aromatic rings. The molecule has 2 aromatic carbocycles. The van der Waals surface area contributed by atoms with Crippen LogP contribution in [0.1, 0.15) is 16.7 Å². The Morgan fingerprint density at radius 2 is 1.67 bits per heavy atom. The van der Waals surface area contributed by atoms with Gasteiger partial charge in [0.05, 0.1) is 0 Å². The average Bonchev–Trinajstić information content (AvgIpc) is 2.34. The number of hydrogen-bond acceptors (Lipinski definition) is 1. The molecule has 0 amide bonds. The van der Waals surface area contributed by atoms with Gasteiger partial charge in [-0.15, -0.1) is 0 Å². The SMILES string of the molecule is Cc1ccc(CNc2cc(Cl)ccc2C)cc1Cl. The summed E-state index contributed by atoms with van der Waals surface area (Å²) < 4.78 is 0.